The molecule has 1 saturated heterocycles. The van der Waals surface area contributed by atoms with E-state index < -0.39 is 0 Å². The molecule has 0 saturated carbocycles. The van der Waals surface area contributed by atoms with E-state index in [1.54, 1.807) is 6.92 Å². The lowest BCUT2D eigenvalue weighted by Gasteiger charge is -2.27. The minimum Gasteiger partial charge on any atom is -0.343 e. The summed E-state index contributed by atoms with van der Waals surface area (Å²) in [7, 11) is 0. The highest BCUT2D eigenvalue weighted by molar-refractivity contribution is 5.73. The number of hydrogen-bond donors (Lipinski definition) is 0. The summed E-state index contributed by atoms with van der Waals surface area (Å²) in [6.07, 6.45) is 5.09. The van der Waals surface area contributed by atoms with E-state index in [1.807, 2.05) is 4.90 Å². The van der Waals surface area contributed by atoms with E-state index in [1.165, 1.54) is 25.7 Å². The highest BCUT2D eigenvalue weighted by Crippen LogP contribution is 2.15. The van der Waals surface area contributed by atoms with Crippen LogP contribution in [0.2, 0.25) is 0 Å². The SMILES string of the molecule is CC(=O)N1CCCCCC(C)C1. The molecule has 0 radical (unpaired) electrons. The van der Waals surface area contributed by atoms with Gasteiger partial charge < -0.3 is 4.90 Å². The van der Waals surface area contributed by atoms with Crippen molar-refractivity contribution in [3.63, 3.8) is 0 Å². The van der Waals surface area contributed by atoms with Gasteiger partial charge in [-0.25, -0.2) is 0 Å². The van der Waals surface area contributed by atoms with Gasteiger partial charge in [0.1, 0.15) is 0 Å². The molecular formula is C10H19NO. The van der Waals surface area contributed by atoms with Crippen molar-refractivity contribution in [1.29, 1.82) is 0 Å². The summed E-state index contributed by atoms with van der Waals surface area (Å²) in [6, 6.07) is 0. The van der Waals surface area contributed by atoms with Crippen molar-refractivity contribution in [2.24, 2.45) is 5.92 Å². The van der Waals surface area contributed by atoms with Gasteiger partial charge >= 0.3 is 0 Å². The maximum atomic E-state index is 11.1. The fourth-order valence-corrected chi connectivity index (χ4v) is 1.82. The van der Waals surface area contributed by atoms with Crippen LogP contribution < -0.4 is 0 Å². The maximum absolute atomic E-state index is 11.1. The molecule has 0 bridgehead atoms. The minimum absolute atomic E-state index is 0.240. The van der Waals surface area contributed by atoms with Gasteiger partial charge in [0.05, 0.1) is 0 Å². The van der Waals surface area contributed by atoms with Crippen LogP contribution >= 0.6 is 0 Å². The van der Waals surface area contributed by atoms with Crippen molar-refractivity contribution in [3.05, 3.63) is 0 Å². The Hall–Kier alpha value is -0.530. The Morgan fingerprint density at radius 1 is 1.33 bits per heavy atom. The van der Waals surface area contributed by atoms with Crippen molar-refractivity contribution in [3.8, 4) is 0 Å². The van der Waals surface area contributed by atoms with Crippen molar-refractivity contribution in [1.82, 2.24) is 4.90 Å². The Kier molecular flexibility index (Phi) is 3.57. The van der Waals surface area contributed by atoms with Gasteiger partial charge in [-0.3, -0.25) is 4.79 Å². The van der Waals surface area contributed by atoms with E-state index in [9.17, 15) is 4.79 Å². The predicted octanol–water partition coefficient (Wildman–Crippen LogP) is 2.04. The van der Waals surface area contributed by atoms with Gasteiger partial charge in [-0.1, -0.05) is 19.8 Å². The lowest BCUT2D eigenvalue weighted by atomic mass is 10.00. The second-order valence-electron chi connectivity index (χ2n) is 3.92. The molecule has 0 aromatic rings. The van der Waals surface area contributed by atoms with Crippen LogP contribution in [0.4, 0.5) is 0 Å². The van der Waals surface area contributed by atoms with Crippen LogP contribution in [0.25, 0.3) is 0 Å². The Bertz CT molecular complexity index is 156. The molecule has 2 nitrogen and oxygen atoms in total. The normalized spacial score (nSPS) is 26.2. The molecule has 1 aliphatic heterocycles. The summed E-state index contributed by atoms with van der Waals surface area (Å²) < 4.78 is 0. The first kappa shape index (κ1) is 9.56. The van der Waals surface area contributed by atoms with Gasteiger partial charge in [0.15, 0.2) is 0 Å². The Labute approximate surface area is 74.9 Å². The third-order valence-electron chi connectivity index (χ3n) is 2.60. The van der Waals surface area contributed by atoms with Crippen LogP contribution in [0.5, 0.6) is 0 Å². The van der Waals surface area contributed by atoms with Crippen molar-refractivity contribution < 1.29 is 4.79 Å². The summed E-state index contributed by atoms with van der Waals surface area (Å²) in [5.41, 5.74) is 0. The lowest BCUT2D eigenvalue weighted by molar-refractivity contribution is -0.129. The molecule has 2 heteroatoms. The first-order valence-electron chi connectivity index (χ1n) is 4.95. The van der Waals surface area contributed by atoms with E-state index >= 15 is 0 Å². The molecule has 0 spiro atoms. The monoisotopic (exact) mass is 169 g/mol. The second-order valence-corrected chi connectivity index (χ2v) is 3.92. The third kappa shape index (κ3) is 2.84. The van der Waals surface area contributed by atoms with Gasteiger partial charge in [-0.2, -0.15) is 0 Å². The van der Waals surface area contributed by atoms with Gasteiger partial charge in [0, 0.05) is 20.0 Å². The summed E-state index contributed by atoms with van der Waals surface area (Å²) in [5.74, 6) is 0.929. The third-order valence-corrected chi connectivity index (χ3v) is 2.60. The molecule has 0 aromatic heterocycles. The molecule has 1 unspecified atom stereocenters. The Balaban J connectivity index is 2.43. The second kappa shape index (κ2) is 4.48. The first-order chi connectivity index (χ1) is 5.70. The number of hydrogen-bond acceptors (Lipinski definition) is 1. The molecule has 0 aliphatic carbocycles. The van der Waals surface area contributed by atoms with Gasteiger partial charge in [-0.05, 0) is 18.8 Å². The van der Waals surface area contributed by atoms with E-state index in [2.05, 4.69) is 6.92 Å². The van der Waals surface area contributed by atoms with Gasteiger partial charge in [0.2, 0.25) is 5.91 Å². The molecular weight excluding hydrogens is 150 g/mol. The highest BCUT2D eigenvalue weighted by atomic mass is 16.2. The van der Waals surface area contributed by atoms with Crippen molar-refractivity contribution >= 4 is 5.91 Å². The van der Waals surface area contributed by atoms with Crippen LogP contribution in [0, 0.1) is 5.92 Å². The summed E-state index contributed by atoms with van der Waals surface area (Å²) in [4.78, 5) is 13.1. The summed E-state index contributed by atoms with van der Waals surface area (Å²) in [6.45, 7) is 5.85. The van der Waals surface area contributed by atoms with Crippen molar-refractivity contribution in [2.45, 2.75) is 39.5 Å². The zero-order valence-electron chi connectivity index (χ0n) is 8.18. The molecule has 0 N–H and O–H groups in total. The molecule has 12 heavy (non-hydrogen) atoms. The molecule has 1 atom stereocenters. The zero-order chi connectivity index (χ0) is 8.97. The topological polar surface area (TPSA) is 20.3 Å². The number of amides is 1. The molecule has 70 valence electrons. The number of likely N-dealkylation sites (tertiary alicyclic amines) is 1. The Morgan fingerprint density at radius 2 is 2.08 bits per heavy atom. The standard InChI is InChI=1S/C10H19NO/c1-9-6-4-3-5-7-11(8-9)10(2)12/h9H,3-8H2,1-2H3. The summed E-state index contributed by atoms with van der Waals surface area (Å²) in [5, 5.41) is 0. The van der Waals surface area contributed by atoms with Crippen LogP contribution in [0.1, 0.15) is 39.5 Å². The van der Waals surface area contributed by atoms with Crippen LogP contribution in [0.3, 0.4) is 0 Å². The first-order valence-corrected chi connectivity index (χ1v) is 4.95. The highest BCUT2D eigenvalue weighted by Gasteiger charge is 2.14. The Morgan fingerprint density at radius 3 is 2.75 bits per heavy atom. The number of nitrogens with zero attached hydrogens (tertiary/aromatic N) is 1. The van der Waals surface area contributed by atoms with Gasteiger partial charge in [0.25, 0.3) is 0 Å². The quantitative estimate of drug-likeness (QED) is 0.543. The molecule has 1 amide bonds. The number of rotatable bonds is 0. The fraction of sp³-hybridized carbons (Fsp3) is 0.900. The fourth-order valence-electron chi connectivity index (χ4n) is 1.82. The maximum Gasteiger partial charge on any atom is 0.219 e. The minimum atomic E-state index is 0.240. The number of carbonyl (C=O) groups is 1. The van der Waals surface area contributed by atoms with E-state index in [0.29, 0.717) is 5.92 Å². The van der Waals surface area contributed by atoms with Crippen LogP contribution in [0.15, 0.2) is 0 Å². The largest absolute Gasteiger partial charge is 0.343 e. The summed E-state index contributed by atoms with van der Waals surface area (Å²) >= 11 is 0. The lowest BCUT2D eigenvalue weighted by Crippen LogP contribution is -2.34. The molecule has 1 aliphatic rings. The number of carbonyl (C=O) groups excluding carboxylic acids is 1. The average molecular weight is 169 g/mol. The average Bonchev–Trinajstić information content (AvgIpc) is 1.95. The zero-order valence-corrected chi connectivity index (χ0v) is 8.18. The van der Waals surface area contributed by atoms with Crippen LogP contribution in [-0.2, 0) is 4.79 Å². The van der Waals surface area contributed by atoms with Crippen LogP contribution in [-0.4, -0.2) is 23.9 Å². The predicted molar refractivity (Wildman–Crippen MR) is 49.9 cm³/mol. The van der Waals surface area contributed by atoms with E-state index in [4.69, 9.17) is 0 Å². The molecule has 0 aromatic carbocycles. The smallest absolute Gasteiger partial charge is 0.219 e. The molecule has 1 fully saturated rings. The van der Waals surface area contributed by atoms with E-state index in [0.717, 1.165) is 13.1 Å². The van der Waals surface area contributed by atoms with Crippen molar-refractivity contribution in [2.75, 3.05) is 13.1 Å². The molecule has 1 rings (SSSR count). The van der Waals surface area contributed by atoms with Gasteiger partial charge in [-0.15, -0.1) is 0 Å². The molecule has 1 heterocycles. The van der Waals surface area contributed by atoms with E-state index in [-0.39, 0.29) is 5.91 Å².